The molecule has 0 aliphatic carbocycles. The van der Waals surface area contributed by atoms with Gasteiger partial charge in [-0.3, -0.25) is 4.79 Å². The molecule has 0 bridgehead atoms. The maximum atomic E-state index is 11.6. The van der Waals surface area contributed by atoms with Crippen LogP contribution in [0.15, 0.2) is 28.7 Å². The fourth-order valence-corrected chi connectivity index (χ4v) is 2.41. The Balaban J connectivity index is 1.91. The molecule has 0 aliphatic rings. The van der Waals surface area contributed by atoms with Crippen molar-refractivity contribution in [2.45, 2.75) is 6.42 Å². The molecule has 0 fully saturated rings. The van der Waals surface area contributed by atoms with Gasteiger partial charge < -0.3 is 5.73 Å². The Labute approximate surface area is 129 Å². The van der Waals surface area contributed by atoms with Crippen LogP contribution in [-0.2, 0) is 11.2 Å². The lowest BCUT2D eigenvalue weighted by Gasteiger charge is -1.99. The number of carbonyl (C=O) groups excluding carboxylic acids is 1. The van der Waals surface area contributed by atoms with Crippen molar-refractivity contribution in [2.24, 2.45) is 5.10 Å². The topological polar surface area (TPSA) is 80.4 Å². The zero-order chi connectivity index (χ0) is 14.5. The van der Waals surface area contributed by atoms with E-state index in [1.165, 1.54) is 17.6 Å². The lowest BCUT2D eigenvalue weighted by atomic mass is 10.2. The zero-order valence-corrected chi connectivity index (χ0v) is 12.5. The second-order valence-corrected chi connectivity index (χ2v) is 5.55. The summed E-state index contributed by atoms with van der Waals surface area (Å²) in [5.74, 6) is -0.281. The van der Waals surface area contributed by atoms with Crippen molar-refractivity contribution in [1.29, 1.82) is 0 Å². The number of amides is 1. The molecule has 2 aromatic rings. The number of nitrogens with one attached hydrogen (secondary N) is 1. The average molecular weight is 329 g/mol. The Kier molecular flexibility index (Phi) is 4.94. The number of rotatable bonds is 4. The first-order valence-corrected chi connectivity index (χ1v) is 7.15. The van der Waals surface area contributed by atoms with E-state index in [4.69, 9.17) is 28.9 Å². The van der Waals surface area contributed by atoms with Crippen molar-refractivity contribution < 1.29 is 4.79 Å². The first-order valence-electron chi connectivity index (χ1n) is 5.51. The van der Waals surface area contributed by atoms with Crippen LogP contribution >= 0.6 is 34.5 Å². The third-order valence-corrected chi connectivity index (χ3v) is 3.55. The summed E-state index contributed by atoms with van der Waals surface area (Å²) in [5, 5.41) is 6.99. The number of nitrogens with two attached hydrogens (primary N) is 1. The van der Waals surface area contributed by atoms with E-state index in [1.54, 1.807) is 23.6 Å². The number of hydrazone groups is 1. The van der Waals surface area contributed by atoms with Crippen molar-refractivity contribution in [1.82, 2.24) is 10.4 Å². The van der Waals surface area contributed by atoms with Crippen molar-refractivity contribution in [3.63, 3.8) is 0 Å². The summed E-state index contributed by atoms with van der Waals surface area (Å²) < 4.78 is 0. The molecule has 5 nitrogen and oxygen atoms in total. The van der Waals surface area contributed by atoms with Crippen LogP contribution in [0.4, 0.5) is 5.13 Å². The van der Waals surface area contributed by atoms with E-state index < -0.39 is 0 Å². The molecule has 0 radical (unpaired) electrons. The van der Waals surface area contributed by atoms with Gasteiger partial charge in [-0.1, -0.05) is 29.3 Å². The standard InChI is InChI=1S/C12H10Cl2N4OS/c13-8-2-1-7(10(14)3-8)5-16-18-11(19)4-9-6-20-12(15)17-9/h1-3,5-6H,4H2,(H2,15,17)(H,18,19)/b16-5+. The number of hydrogen-bond donors (Lipinski definition) is 2. The molecule has 2 rings (SSSR count). The van der Waals surface area contributed by atoms with Gasteiger partial charge in [-0.15, -0.1) is 11.3 Å². The number of thiazole rings is 1. The first-order chi connectivity index (χ1) is 9.54. The summed E-state index contributed by atoms with van der Waals surface area (Å²) >= 11 is 13.0. The van der Waals surface area contributed by atoms with Crippen LogP contribution in [0.2, 0.25) is 10.0 Å². The highest BCUT2D eigenvalue weighted by Crippen LogP contribution is 2.19. The number of benzene rings is 1. The molecule has 0 unspecified atom stereocenters. The summed E-state index contributed by atoms with van der Waals surface area (Å²) in [6, 6.07) is 5.00. The fourth-order valence-electron chi connectivity index (χ4n) is 1.39. The minimum atomic E-state index is -0.281. The van der Waals surface area contributed by atoms with Crippen LogP contribution < -0.4 is 11.2 Å². The molecule has 3 N–H and O–H groups in total. The van der Waals surface area contributed by atoms with Crippen molar-refractivity contribution in [3.8, 4) is 0 Å². The third-order valence-electron chi connectivity index (χ3n) is 2.27. The number of nitrogen functional groups attached to an aromatic ring is 1. The van der Waals surface area contributed by atoms with Gasteiger partial charge in [-0.25, -0.2) is 10.4 Å². The van der Waals surface area contributed by atoms with Gasteiger partial charge in [0.05, 0.1) is 23.4 Å². The first kappa shape index (κ1) is 14.8. The van der Waals surface area contributed by atoms with E-state index in [0.29, 0.717) is 26.4 Å². The summed E-state index contributed by atoms with van der Waals surface area (Å²) in [4.78, 5) is 15.6. The number of halogens is 2. The smallest absolute Gasteiger partial charge is 0.246 e. The Hall–Kier alpha value is -1.63. The van der Waals surface area contributed by atoms with Crippen LogP contribution in [0.1, 0.15) is 11.3 Å². The Morgan fingerprint density at radius 3 is 2.95 bits per heavy atom. The number of anilines is 1. The lowest BCUT2D eigenvalue weighted by molar-refractivity contribution is -0.120. The Morgan fingerprint density at radius 2 is 2.30 bits per heavy atom. The van der Waals surface area contributed by atoms with Crippen LogP contribution in [-0.4, -0.2) is 17.1 Å². The van der Waals surface area contributed by atoms with Gasteiger partial charge in [-0.05, 0) is 12.1 Å². The summed E-state index contributed by atoms with van der Waals surface area (Å²) in [6.07, 6.45) is 1.57. The monoisotopic (exact) mass is 328 g/mol. The van der Waals surface area contributed by atoms with Crippen molar-refractivity contribution in [2.75, 3.05) is 5.73 Å². The second-order valence-electron chi connectivity index (χ2n) is 3.81. The highest BCUT2D eigenvalue weighted by molar-refractivity contribution is 7.13. The summed E-state index contributed by atoms with van der Waals surface area (Å²) in [5.41, 5.74) is 9.15. The molecule has 1 amide bonds. The number of carbonyl (C=O) groups is 1. The molecule has 0 atom stereocenters. The van der Waals surface area contributed by atoms with Gasteiger partial charge in [-0.2, -0.15) is 5.10 Å². The second kappa shape index (κ2) is 6.69. The van der Waals surface area contributed by atoms with E-state index in [-0.39, 0.29) is 12.3 Å². The molecule has 20 heavy (non-hydrogen) atoms. The number of aromatic nitrogens is 1. The zero-order valence-electron chi connectivity index (χ0n) is 10.1. The fraction of sp³-hybridized carbons (Fsp3) is 0.0833. The molecule has 0 spiro atoms. The predicted molar refractivity (Wildman–Crippen MR) is 82.4 cm³/mol. The van der Waals surface area contributed by atoms with E-state index in [0.717, 1.165) is 0 Å². The van der Waals surface area contributed by atoms with Crippen LogP contribution in [0, 0.1) is 0 Å². The summed E-state index contributed by atoms with van der Waals surface area (Å²) in [7, 11) is 0. The van der Waals surface area contributed by atoms with E-state index >= 15 is 0 Å². The lowest BCUT2D eigenvalue weighted by Crippen LogP contribution is -2.20. The van der Waals surface area contributed by atoms with E-state index in [2.05, 4.69) is 15.5 Å². The van der Waals surface area contributed by atoms with Gasteiger partial charge in [0, 0.05) is 16.0 Å². The average Bonchev–Trinajstić information content (AvgIpc) is 2.77. The van der Waals surface area contributed by atoms with Gasteiger partial charge in [0.2, 0.25) is 5.91 Å². The number of nitrogens with zero attached hydrogens (tertiary/aromatic N) is 2. The number of hydrogen-bond acceptors (Lipinski definition) is 5. The van der Waals surface area contributed by atoms with E-state index in [1.807, 2.05) is 0 Å². The SMILES string of the molecule is Nc1nc(CC(=O)N/N=C/c2ccc(Cl)cc2Cl)cs1. The molecular weight excluding hydrogens is 319 g/mol. The molecule has 1 heterocycles. The molecule has 1 aromatic carbocycles. The minimum Gasteiger partial charge on any atom is -0.375 e. The molecule has 104 valence electrons. The predicted octanol–water partition coefficient (Wildman–Crippen LogP) is 2.72. The largest absolute Gasteiger partial charge is 0.375 e. The van der Waals surface area contributed by atoms with Crippen molar-refractivity contribution >= 4 is 51.8 Å². The maximum absolute atomic E-state index is 11.6. The highest BCUT2D eigenvalue weighted by atomic mass is 35.5. The normalized spacial score (nSPS) is 10.9. The maximum Gasteiger partial charge on any atom is 0.246 e. The van der Waals surface area contributed by atoms with Gasteiger partial charge in [0.1, 0.15) is 0 Å². The van der Waals surface area contributed by atoms with Crippen LogP contribution in [0.25, 0.3) is 0 Å². The minimum absolute atomic E-state index is 0.124. The highest BCUT2D eigenvalue weighted by Gasteiger charge is 2.05. The van der Waals surface area contributed by atoms with E-state index in [9.17, 15) is 4.79 Å². The molecule has 1 aromatic heterocycles. The van der Waals surface area contributed by atoms with Gasteiger partial charge in [0.25, 0.3) is 0 Å². The summed E-state index contributed by atoms with van der Waals surface area (Å²) in [6.45, 7) is 0. The van der Waals surface area contributed by atoms with Crippen molar-refractivity contribution in [3.05, 3.63) is 44.9 Å². The Bertz CT molecular complexity index is 657. The Morgan fingerprint density at radius 1 is 1.50 bits per heavy atom. The van der Waals surface area contributed by atoms with Crippen LogP contribution in [0.3, 0.4) is 0 Å². The molecule has 0 saturated heterocycles. The molecule has 0 saturated carbocycles. The van der Waals surface area contributed by atoms with Gasteiger partial charge >= 0.3 is 0 Å². The van der Waals surface area contributed by atoms with Crippen LogP contribution in [0.5, 0.6) is 0 Å². The molecule has 0 aliphatic heterocycles. The molecule has 8 heteroatoms. The molecular formula is C12H10Cl2N4OS. The quantitative estimate of drug-likeness (QED) is 0.668. The van der Waals surface area contributed by atoms with Gasteiger partial charge in [0.15, 0.2) is 5.13 Å². The third kappa shape index (κ3) is 4.19.